The second-order valence-electron chi connectivity index (χ2n) is 7.00. The maximum Gasteiger partial charge on any atom is 0.257 e. The molecular formula is C21H21ClN2O2. The Morgan fingerprint density at radius 2 is 1.85 bits per heavy atom. The summed E-state index contributed by atoms with van der Waals surface area (Å²) in [6, 6.07) is 12.8. The number of nitrogens with zero attached hydrogens (tertiary/aromatic N) is 1. The molecule has 2 aromatic rings. The topological polar surface area (TPSA) is 49.4 Å². The summed E-state index contributed by atoms with van der Waals surface area (Å²) >= 11 is 6.10. The van der Waals surface area contributed by atoms with Gasteiger partial charge in [-0.2, -0.15) is 0 Å². The second-order valence-corrected chi connectivity index (χ2v) is 7.41. The van der Waals surface area contributed by atoms with Crippen LogP contribution in [0.15, 0.2) is 42.5 Å². The van der Waals surface area contributed by atoms with Crippen LogP contribution in [0.25, 0.3) is 0 Å². The summed E-state index contributed by atoms with van der Waals surface area (Å²) in [6.07, 6.45) is 5.14. The Kier molecular flexibility index (Phi) is 4.68. The number of carbonyl (C=O) groups excluding carboxylic acids is 2. The van der Waals surface area contributed by atoms with Crippen molar-refractivity contribution in [3.05, 3.63) is 58.6 Å². The Balaban J connectivity index is 1.55. The van der Waals surface area contributed by atoms with Crippen LogP contribution in [-0.2, 0) is 11.2 Å². The van der Waals surface area contributed by atoms with Crippen LogP contribution in [0.3, 0.4) is 0 Å². The van der Waals surface area contributed by atoms with E-state index in [1.54, 1.807) is 24.3 Å². The molecule has 134 valence electrons. The predicted molar refractivity (Wildman–Crippen MR) is 104 cm³/mol. The first kappa shape index (κ1) is 17.1. The van der Waals surface area contributed by atoms with Gasteiger partial charge in [-0.25, -0.2) is 0 Å². The number of halogens is 1. The molecule has 0 atom stereocenters. The molecule has 0 radical (unpaired) electrons. The van der Waals surface area contributed by atoms with Crippen molar-refractivity contribution in [1.29, 1.82) is 0 Å². The molecule has 0 unspecified atom stereocenters. The first-order valence-electron chi connectivity index (χ1n) is 9.13. The van der Waals surface area contributed by atoms with E-state index >= 15 is 0 Å². The van der Waals surface area contributed by atoms with Crippen molar-refractivity contribution in [2.24, 2.45) is 5.92 Å². The molecule has 5 heteroatoms. The van der Waals surface area contributed by atoms with Gasteiger partial charge in [0.05, 0.1) is 10.6 Å². The number of anilines is 2. The lowest BCUT2D eigenvalue weighted by atomic mass is 10.1. The number of fused-ring (bicyclic) bond motifs is 1. The van der Waals surface area contributed by atoms with Gasteiger partial charge in [0.2, 0.25) is 5.91 Å². The standard InChI is InChI=1S/C21H21ClN2O2/c22-18-8-4-3-7-17(18)20(25)23-16-10-9-14-11-12-24(19(14)13-16)21(26)15-5-1-2-6-15/h3-4,7-10,13,15H,1-2,5-6,11-12H2,(H,23,25). The molecule has 0 bridgehead atoms. The van der Waals surface area contributed by atoms with Crippen molar-refractivity contribution in [3.8, 4) is 0 Å². The Hall–Kier alpha value is -2.33. The first-order valence-corrected chi connectivity index (χ1v) is 9.51. The number of nitrogens with one attached hydrogen (secondary N) is 1. The highest BCUT2D eigenvalue weighted by Crippen LogP contribution is 2.35. The lowest BCUT2D eigenvalue weighted by molar-refractivity contribution is -0.122. The Bertz CT molecular complexity index is 859. The number of benzene rings is 2. The molecule has 1 aliphatic heterocycles. The molecule has 2 aromatic carbocycles. The fourth-order valence-corrected chi connectivity index (χ4v) is 4.14. The summed E-state index contributed by atoms with van der Waals surface area (Å²) in [4.78, 5) is 27.2. The van der Waals surface area contributed by atoms with E-state index in [1.165, 1.54) is 0 Å². The molecule has 26 heavy (non-hydrogen) atoms. The summed E-state index contributed by atoms with van der Waals surface area (Å²) in [6.45, 7) is 0.729. The van der Waals surface area contributed by atoms with Gasteiger partial charge in [0, 0.05) is 23.8 Å². The summed E-state index contributed by atoms with van der Waals surface area (Å²) in [5.74, 6) is 0.139. The molecule has 2 aliphatic rings. The molecule has 0 aromatic heterocycles. The average molecular weight is 369 g/mol. The number of hydrogen-bond acceptors (Lipinski definition) is 2. The quantitative estimate of drug-likeness (QED) is 0.855. The Morgan fingerprint density at radius 3 is 2.62 bits per heavy atom. The summed E-state index contributed by atoms with van der Waals surface area (Å²) in [7, 11) is 0. The zero-order chi connectivity index (χ0) is 18.1. The van der Waals surface area contributed by atoms with Gasteiger partial charge in [-0.3, -0.25) is 9.59 Å². The van der Waals surface area contributed by atoms with E-state index in [-0.39, 0.29) is 17.7 Å². The minimum Gasteiger partial charge on any atom is -0.322 e. The molecule has 1 saturated carbocycles. The van der Waals surface area contributed by atoms with E-state index in [0.29, 0.717) is 16.3 Å². The van der Waals surface area contributed by atoms with Gasteiger partial charge < -0.3 is 10.2 Å². The minimum atomic E-state index is -0.248. The number of carbonyl (C=O) groups is 2. The largest absolute Gasteiger partial charge is 0.322 e. The number of hydrogen-bond donors (Lipinski definition) is 1. The third-order valence-corrected chi connectivity index (χ3v) is 5.66. The third kappa shape index (κ3) is 3.21. The van der Waals surface area contributed by atoms with E-state index < -0.39 is 0 Å². The summed E-state index contributed by atoms with van der Waals surface area (Å²) < 4.78 is 0. The van der Waals surface area contributed by atoms with Crippen molar-refractivity contribution in [3.63, 3.8) is 0 Å². The smallest absolute Gasteiger partial charge is 0.257 e. The van der Waals surface area contributed by atoms with Crippen LogP contribution in [0.2, 0.25) is 5.02 Å². The monoisotopic (exact) mass is 368 g/mol. The fraction of sp³-hybridized carbons (Fsp3) is 0.333. The molecule has 1 heterocycles. The van der Waals surface area contributed by atoms with Crippen LogP contribution in [0, 0.1) is 5.92 Å². The van der Waals surface area contributed by atoms with E-state index in [2.05, 4.69) is 5.32 Å². The third-order valence-electron chi connectivity index (χ3n) is 5.33. The van der Waals surface area contributed by atoms with Crippen LogP contribution in [0.4, 0.5) is 11.4 Å². The Morgan fingerprint density at radius 1 is 1.08 bits per heavy atom. The zero-order valence-corrected chi connectivity index (χ0v) is 15.3. The van der Waals surface area contributed by atoms with Crippen LogP contribution in [0.1, 0.15) is 41.6 Å². The fourth-order valence-electron chi connectivity index (χ4n) is 3.92. The van der Waals surface area contributed by atoms with Crippen molar-refractivity contribution < 1.29 is 9.59 Å². The molecule has 0 saturated heterocycles. The molecule has 2 amide bonds. The van der Waals surface area contributed by atoms with Gasteiger partial charge in [-0.15, -0.1) is 0 Å². The maximum atomic E-state index is 12.8. The lowest BCUT2D eigenvalue weighted by Gasteiger charge is -2.21. The van der Waals surface area contributed by atoms with E-state index in [1.807, 2.05) is 23.1 Å². The number of amides is 2. The first-order chi connectivity index (χ1) is 12.6. The second kappa shape index (κ2) is 7.12. The molecule has 1 N–H and O–H groups in total. The average Bonchev–Trinajstić information content (AvgIpc) is 3.31. The van der Waals surface area contributed by atoms with Gasteiger partial charge in [-0.05, 0) is 49.1 Å². The van der Waals surface area contributed by atoms with Gasteiger partial charge >= 0.3 is 0 Å². The minimum absolute atomic E-state index is 0.155. The van der Waals surface area contributed by atoms with Crippen molar-refractivity contribution in [2.75, 3.05) is 16.8 Å². The zero-order valence-electron chi connectivity index (χ0n) is 14.5. The van der Waals surface area contributed by atoms with Gasteiger partial charge in [-0.1, -0.05) is 42.6 Å². The summed E-state index contributed by atoms with van der Waals surface area (Å²) in [5, 5.41) is 3.32. The highest BCUT2D eigenvalue weighted by atomic mass is 35.5. The normalized spacial score (nSPS) is 16.6. The van der Waals surface area contributed by atoms with E-state index in [4.69, 9.17) is 11.6 Å². The predicted octanol–water partition coefficient (Wildman–Crippen LogP) is 4.67. The van der Waals surface area contributed by atoms with E-state index in [9.17, 15) is 9.59 Å². The van der Waals surface area contributed by atoms with Gasteiger partial charge in [0.15, 0.2) is 0 Å². The van der Waals surface area contributed by atoms with Crippen molar-refractivity contribution in [1.82, 2.24) is 0 Å². The molecule has 4 rings (SSSR count). The van der Waals surface area contributed by atoms with Crippen LogP contribution >= 0.6 is 11.6 Å². The van der Waals surface area contributed by atoms with E-state index in [0.717, 1.165) is 49.9 Å². The highest BCUT2D eigenvalue weighted by Gasteiger charge is 2.32. The molecule has 1 fully saturated rings. The SMILES string of the molecule is O=C(Nc1ccc2c(c1)N(C(=O)C1CCCC1)CC2)c1ccccc1Cl. The number of rotatable bonds is 3. The molecule has 4 nitrogen and oxygen atoms in total. The Labute approximate surface area is 158 Å². The van der Waals surface area contributed by atoms with Crippen LogP contribution < -0.4 is 10.2 Å². The molecular weight excluding hydrogens is 348 g/mol. The van der Waals surface area contributed by atoms with Crippen molar-refractivity contribution >= 4 is 34.8 Å². The van der Waals surface area contributed by atoms with Crippen LogP contribution in [-0.4, -0.2) is 18.4 Å². The maximum absolute atomic E-state index is 12.8. The molecule has 0 spiro atoms. The lowest BCUT2D eigenvalue weighted by Crippen LogP contribution is -2.33. The summed E-state index contributed by atoms with van der Waals surface area (Å²) in [5.41, 5.74) is 3.21. The highest BCUT2D eigenvalue weighted by molar-refractivity contribution is 6.34. The van der Waals surface area contributed by atoms with Crippen LogP contribution in [0.5, 0.6) is 0 Å². The van der Waals surface area contributed by atoms with Crippen molar-refractivity contribution in [2.45, 2.75) is 32.1 Å². The van der Waals surface area contributed by atoms with Gasteiger partial charge in [0.1, 0.15) is 0 Å². The molecule has 1 aliphatic carbocycles. The van der Waals surface area contributed by atoms with Gasteiger partial charge in [0.25, 0.3) is 5.91 Å².